The van der Waals surface area contributed by atoms with Crippen LogP contribution in [0.15, 0.2) is 45.9 Å². The van der Waals surface area contributed by atoms with Crippen LogP contribution in [0.3, 0.4) is 0 Å². The van der Waals surface area contributed by atoms with E-state index in [1.165, 1.54) is 18.9 Å². The topological polar surface area (TPSA) is 62.3 Å². The van der Waals surface area contributed by atoms with E-state index < -0.39 is 15.8 Å². The summed E-state index contributed by atoms with van der Waals surface area (Å²) in [6.45, 7) is 2.10. The van der Waals surface area contributed by atoms with Crippen molar-refractivity contribution in [1.29, 1.82) is 0 Å². The van der Waals surface area contributed by atoms with Gasteiger partial charge in [0.2, 0.25) is 10.0 Å². The Kier molecular flexibility index (Phi) is 6.26. The maximum absolute atomic E-state index is 13.2. The summed E-state index contributed by atoms with van der Waals surface area (Å²) in [5.74, 6) is 0.388. The molecule has 26 heavy (non-hydrogen) atoms. The van der Waals surface area contributed by atoms with Gasteiger partial charge in [0.15, 0.2) is 0 Å². The lowest BCUT2D eigenvalue weighted by atomic mass is 10.2. The van der Waals surface area contributed by atoms with Gasteiger partial charge in [0, 0.05) is 30.3 Å². The number of rotatable bonds is 5. The lowest BCUT2D eigenvalue weighted by Crippen LogP contribution is -2.26. The number of pyridine rings is 1. The number of anilines is 1. The zero-order valence-corrected chi connectivity index (χ0v) is 16.7. The van der Waals surface area contributed by atoms with Gasteiger partial charge in [-0.05, 0) is 64.7 Å². The third kappa shape index (κ3) is 4.81. The van der Waals surface area contributed by atoms with Gasteiger partial charge >= 0.3 is 0 Å². The van der Waals surface area contributed by atoms with E-state index in [4.69, 9.17) is 0 Å². The van der Waals surface area contributed by atoms with Crippen LogP contribution in [0.2, 0.25) is 0 Å². The van der Waals surface area contributed by atoms with E-state index in [-0.39, 0.29) is 15.9 Å². The summed E-state index contributed by atoms with van der Waals surface area (Å²) < 4.78 is 40.9. The molecule has 1 saturated heterocycles. The Balaban J connectivity index is 1.72. The normalized spacial score (nSPS) is 15.7. The first-order valence-corrected chi connectivity index (χ1v) is 10.9. The lowest BCUT2D eigenvalue weighted by Gasteiger charge is -2.21. The molecule has 0 saturated carbocycles. The number of nitrogens with zero attached hydrogens (tertiary/aromatic N) is 2. The number of nitrogens with one attached hydrogen (secondary N) is 1. The third-order valence-corrected chi connectivity index (χ3v) is 6.77. The Morgan fingerprint density at radius 3 is 2.54 bits per heavy atom. The van der Waals surface area contributed by atoms with Crippen molar-refractivity contribution in [2.75, 3.05) is 18.0 Å². The van der Waals surface area contributed by atoms with Crippen LogP contribution in [0.5, 0.6) is 0 Å². The van der Waals surface area contributed by atoms with Crippen LogP contribution in [0, 0.1) is 5.82 Å². The first-order chi connectivity index (χ1) is 12.5. The largest absolute Gasteiger partial charge is 0.357 e. The molecule has 1 aromatic heterocycles. The van der Waals surface area contributed by atoms with Crippen LogP contribution >= 0.6 is 15.9 Å². The maximum Gasteiger partial charge on any atom is 0.241 e. The second-order valence-electron chi connectivity index (χ2n) is 6.32. The Morgan fingerprint density at radius 1 is 1.12 bits per heavy atom. The van der Waals surface area contributed by atoms with Crippen LogP contribution in [0.4, 0.5) is 10.2 Å². The van der Waals surface area contributed by atoms with Gasteiger partial charge in [0.25, 0.3) is 0 Å². The Morgan fingerprint density at radius 2 is 1.85 bits per heavy atom. The van der Waals surface area contributed by atoms with Crippen LogP contribution in [-0.2, 0) is 16.6 Å². The van der Waals surface area contributed by atoms with Gasteiger partial charge in [-0.2, -0.15) is 0 Å². The highest BCUT2D eigenvalue weighted by Gasteiger charge is 2.18. The van der Waals surface area contributed by atoms with Crippen molar-refractivity contribution in [3.05, 3.63) is 52.4 Å². The molecule has 1 aromatic carbocycles. The number of sulfonamides is 1. The summed E-state index contributed by atoms with van der Waals surface area (Å²) in [6, 6.07) is 7.23. The molecule has 0 unspecified atom stereocenters. The molecule has 0 amide bonds. The van der Waals surface area contributed by atoms with E-state index in [0.717, 1.165) is 49.4 Å². The highest BCUT2D eigenvalue weighted by atomic mass is 79.9. The minimum Gasteiger partial charge on any atom is -0.357 e. The first-order valence-electron chi connectivity index (χ1n) is 8.60. The van der Waals surface area contributed by atoms with Gasteiger partial charge in [-0.1, -0.05) is 12.8 Å². The average Bonchev–Trinajstić information content (AvgIpc) is 2.89. The van der Waals surface area contributed by atoms with Gasteiger partial charge in [-0.15, -0.1) is 0 Å². The minimum absolute atomic E-state index is 0.0145. The third-order valence-electron chi connectivity index (χ3n) is 4.39. The smallest absolute Gasteiger partial charge is 0.241 e. The van der Waals surface area contributed by atoms with E-state index in [2.05, 4.69) is 30.5 Å². The quantitative estimate of drug-likeness (QED) is 0.765. The van der Waals surface area contributed by atoms with Crippen molar-refractivity contribution in [2.45, 2.75) is 37.1 Å². The average molecular weight is 442 g/mol. The fourth-order valence-corrected chi connectivity index (χ4v) is 5.06. The standard InChI is InChI=1S/C18H21BrFN3O2S/c19-16-12-15(20)5-6-17(16)26(24,25)22-13-14-7-8-21-18(11-14)23-9-3-1-2-4-10-23/h5-8,11-12,22H,1-4,9-10,13H2. The van der Waals surface area contributed by atoms with E-state index in [0.29, 0.717) is 0 Å². The van der Waals surface area contributed by atoms with Crippen molar-refractivity contribution < 1.29 is 12.8 Å². The number of halogens is 2. The Labute approximate surface area is 161 Å². The predicted molar refractivity (Wildman–Crippen MR) is 103 cm³/mol. The molecule has 5 nitrogen and oxygen atoms in total. The molecule has 3 rings (SSSR count). The Bertz CT molecular complexity index is 868. The zero-order chi connectivity index (χ0) is 18.6. The van der Waals surface area contributed by atoms with E-state index in [1.807, 2.05) is 6.07 Å². The van der Waals surface area contributed by atoms with Crippen molar-refractivity contribution in [3.8, 4) is 0 Å². The van der Waals surface area contributed by atoms with Gasteiger partial charge < -0.3 is 4.90 Å². The van der Waals surface area contributed by atoms with Gasteiger partial charge in [0.1, 0.15) is 11.6 Å². The SMILES string of the molecule is O=S(=O)(NCc1ccnc(N2CCCCCC2)c1)c1ccc(F)cc1Br. The molecular formula is C18H21BrFN3O2S. The molecule has 0 bridgehead atoms. The molecule has 1 aliphatic rings. The number of hydrogen-bond donors (Lipinski definition) is 1. The summed E-state index contributed by atoms with van der Waals surface area (Å²) >= 11 is 3.10. The highest BCUT2D eigenvalue weighted by molar-refractivity contribution is 9.10. The molecule has 0 aliphatic carbocycles. The summed E-state index contributed by atoms with van der Waals surface area (Å²) in [6.07, 6.45) is 6.48. The van der Waals surface area contributed by atoms with Gasteiger partial charge in [-0.3, -0.25) is 0 Å². The Hall–Kier alpha value is -1.51. The second kappa shape index (κ2) is 8.45. The summed E-state index contributed by atoms with van der Waals surface area (Å²) in [4.78, 5) is 6.70. The second-order valence-corrected chi connectivity index (χ2v) is 8.91. The van der Waals surface area contributed by atoms with Crippen LogP contribution < -0.4 is 9.62 Å². The predicted octanol–water partition coefficient (Wildman–Crippen LogP) is 3.84. The van der Waals surface area contributed by atoms with Crippen molar-refractivity contribution in [1.82, 2.24) is 9.71 Å². The van der Waals surface area contributed by atoms with Crippen LogP contribution in [0.1, 0.15) is 31.2 Å². The molecular weight excluding hydrogens is 421 g/mol. The monoisotopic (exact) mass is 441 g/mol. The molecule has 2 heterocycles. The van der Waals surface area contributed by atoms with Gasteiger partial charge in [-0.25, -0.2) is 22.5 Å². The molecule has 1 aliphatic heterocycles. The van der Waals surface area contributed by atoms with Crippen molar-refractivity contribution in [3.63, 3.8) is 0 Å². The van der Waals surface area contributed by atoms with Crippen molar-refractivity contribution in [2.24, 2.45) is 0 Å². The molecule has 140 valence electrons. The minimum atomic E-state index is -3.75. The fraction of sp³-hybridized carbons (Fsp3) is 0.389. The molecule has 0 atom stereocenters. The number of aromatic nitrogens is 1. The summed E-state index contributed by atoms with van der Waals surface area (Å²) in [5.41, 5.74) is 0.834. The molecule has 0 spiro atoms. The fourth-order valence-electron chi connectivity index (χ4n) is 2.99. The van der Waals surface area contributed by atoms with E-state index >= 15 is 0 Å². The summed E-state index contributed by atoms with van der Waals surface area (Å²) in [5, 5.41) is 0. The highest BCUT2D eigenvalue weighted by Crippen LogP contribution is 2.23. The molecule has 8 heteroatoms. The number of benzene rings is 1. The molecule has 2 aromatic rings. The maximum atomic E-state index is 13.2. The van der Waals surface area contributed by atoms with Crippen LogP contribution in [0.25, 0.3) is 0 Å². The summed E-state index contributed by atoms with van der Waals surface area (Å²) in [7, 11) is -3.75. The molecule has 0 radical (unpaired) electrons. The van der Waals surface area contributed by atoms with E-state index in [1.54, 1.807) is 12.3 Å². The zero-order valence-electron chi connectivity index (χ0n) is 14.3. The van der Waals surface area contributed by atoms with Gasteiger partial charge in [0.05, 0.1) is 4.90 Å². The lowest BCUT2D eigenvalue weighted by molar-refractivity contribution is 0.579. The first kappa shape index (κ1) is 19.3. The van der Waals surface area contributed by atoms with Crippen molar-refractivity contribution >= 4 is 31.8 Å². The van der Waals surface area contributed by atoms with E-state index in [9.17, 15) is 12.8 Å². The molecule has 1 fully saturated rings. The number of hydrogen-bond acceptors (Lipinski definition) is 4. The molecule has 1 N–H and O–H groups in total. The van der Waals surface area contributed by atoms with Crippen LogP contribution in [-0.4, -0.2) is 26.5 Å².